The lowest BCUT2D eigenvalue weighted by Gasteiger charge is -2.20. The van der Waals surface area contributed by atoms with Gasteiger partial charge in [0.2, 0.25) is 0 Å². The van der Waals surface area contributed by atoms with Gasteiger partial charge in [-0.1, -0.05) is 6.07 Å². The molecule has 1 atom stereocenters. The van der Waals surface area contributed by atoms with Gasteiger partial charge in [-0.3, -0.25) is 14.2 Å². The normalized spacial score (nSPS) is 15.5. The molecule has 2 aromatic heterocycles. The average molecular weight is 421 g/mol. The van der Waals surface area contributed by atoms with E-state index in [9.17, 15) is 9.59 Å². The van der Waals surface area contributed by atoms with E-state index in [1.165, 1.54) is 26.6 Å². The zero-order chi connectivity index (χ0) is 21.8. The van der Waals surface area contributed by atoms with E-state index in [1.807, 2.05) is 0 Å². The Bertz CT molecular complexity index is 1150. The number of rotatable bonds is 5. The van der Waals surface area contributed by atoms with Gasteiger partial charge in [0.25, 0.3) is 11.5 Å². The second kappa shape index (κ2) is 8.95. The van der Waals surface area contributed by atoms with E-state index in [0.29, 0.717) is 47.2 Å². The van der Waals surface area contributed by atoms with Crippen molar-refractivity contribution in [3.63, 3.8) is 0 Å². The molecule has 1 aliphatic heterocycles. The fourth-order valence-corrected chi connectivity index (χ4v) is 3.77. The van der Waals surface area contributed by atoms with Gasteiger partial charge < -0.3 is 14.8 Å². The molecule has 1 N–H and O–H groups in total. The van der Waals surface area contributed by atoms with Gasteiger partial charge in [-0.2, -0.15) is 0 Å². The predicted molar refractivity (Wildman–Crippen MR) is 113 cm³/mol. The molecule has 9 heteroatoms. The van der Waals surface area contributed by atoms with Crippen molar-refractivity contribution in [2.75, 3.05) is 14.2 Å². The van der Waals surface area contributed by atoms with Gasteiger partial charge in [-0.15, -0.1) is 0 Å². The summed E-state index contributed by atoms with van der Waals surface area (Å²) in [6, 6.07) is 7.87. The monoisotopic (exact) mass is 421 g/mol. The SMILES string of the molecule is COc1cccc(C(=O)NC2CCCCn3c2nc(-c2ccncn2)cc3=O)c1OC. The first-order valence-corrected chi connectivity index (χ1v) is 10.0. The molecule has 0 fully saturated rings. The van der Waals surface area contributed by atoms with Crippen molar-refractivity contribution in [2.24, 2.45) is 0 Å². The number of nitrogens with zero attached hydrogens (tertiary/aromatic N) is 4. The fourth-order valence-electron chi connectivity index (χ4n) is 3.77. The number of benzene rings is 1. The first kappa shape index (κ1) is 20.5. The molecule has 160 valence electrons. The van der Waals surface area contributed by atoms with Crippen molar-refractivity contribution in [1.82, 2.24) is 24.8 Å². The summed E-state index contributed by atoms with van der Waals surface area (Å²) in [7, 11) is 3.01. The number of fused-ring (bicyclic) bond motifs is 1. The van der Waals surface area contributed by atoms with E-state index in [0.717, 1.165) is 12.8 Å². The standard InChI is InChI=1S/C22H23N5O4/c1-30-18-8-5-6-14(20(18)31-2)22(29)26-16-7-3-4-11-27-19(28)12-17(25-21(16)27)15-9-10-23-13-24-15/h5-6,8-10,12-13,16H,3-4,7,11H2,1-2H3,(H,26,29). The number of nitrogens with one attached hydrogen (secondary N) is 1. The maximum absolute atomic E-state index is 13.1. The van der Waals surface area contributed by atoms with E-state index >= 15 is 0 Å². The minimum Gasteiger partial charge on any atom is -0.493 e. The highest BCUT2D eigenvalue weighted by Crippen LogP contribution is 2.31. The number of carbonyl (C=O) groups excluding carboxylic acids is 1. The zero-order valence-electron chi connectivity index (χ0n) is 17.4. The number of ether oxygens (including phenoxy) is 2. The lowest BCUT2D eigenvalue weighted by atomic mass is 10.1. The largest absolute Gasteiger partial charge is 0.493 e. The van der Waals surface area contributed by atoms with Gasteiger partial charge in [0.05, 0.1) is 37.2 Å². The molecule has 4 rings (SSSR count). The molecule has 9 nitrogen and oxygen atoms in total. The third kappa shape index (κ3) is 4.11. The number of carbonyl (C=O) groups is 1. The predicted octanol–water partition coefficient (Wildman–Crippen LogP) is 2.37. The van der Waals surface area contributed by atoms with Crippen LogP contribution in [-0.2, 0) is 6.54 Å². The van der Waals surface area contributed by atoms with E-state index in [2.05, 4.69) is 15.3 Å². The van der Waals surface area contributed by atoms with Crippen LogP contribution in [0.1, 0.15) is 41.5 Å². The third-order valence-corrected chi connectivity index (χ3v) is 5.27. The molecule has 0 aliphatic carbocycles. The summed E-state index contributed by atoms with van der Waals surface area (Å²) in [5.74, 6) is 1.03. The molecule has 1 amide bonds. The minimum absolute atomic E-state index is 0.168. The topological polar surface area (TPSA) is 108 Å². The summed E-state index contributed by atoms with van der Waals surface area (Å²) < 4.78 is 12.3. The number of amides is 1. The minimum atomic E-state index is -0.430. The summed E-state index contributed by atoms with van der Waals surface area (Å²) in [6.45, 7) is 0.556. The van der Waals surface area contributed by atoms with Gasteiger partial charge in [0.1, 0.15) is 12.2 Å². The average Bonchev–Trinajstić information content (AvgIpc) is 3.01. The van der Waals surface area contributed by atoms with Crippen LogP contribution in [0.15, 0.2) is 47.7 Å². The summed E-state index contributed by atoms with van der Waals surface area (Å²) in [5.41, 5.74) is 1.20. The van der Waals surface area contributed by atoms with Gasteiger partial charge >= 0.3 is 0 Å². The number of methoxy groups -OCH3 is 2. The van der Waals surface area contributed by atoms with Crippen molar-refractivity contribution in [3.05, 3.63) is 64.6 Å². The Balaban J connectivity index is 1.72. The van der Waals surface area contributed by atoms with Crippen molar-refractivity contribution in [1.29, 1.82) is 0 Å². The Labute approximate surface area is 179 Å². The highest BCUT2D eigenvalue weighted by molar-refractivity contribution is 5.98. The third-order valence-electron chi connectivity index (χ3n) is 5.27. The van der Waals surface area contributed by atoms with Crippen molar-refractivity contribution >= 4 is 5.91 Å². The molecule has 31 heavy (non-hydrogen) atoms. The van der Waals surface area contributed by atoms with E-state index in [1.54, 1.807) is 35.0 Å². The first-order valence-electron chi connectivity index (χ1n) is 10.0. The zero-order valence-corrected chi connectivity index (χ0v) is 17.4. The molecule has 0 saturated carbocycles. The van der Waals surface area contributed by atoms with Crippen molar-refractivity contribution < 1.29 is 14.3 Å². The molecule has 3 heterocycles. The fraction of sp³-hybridized carbons (Fsp3) is 0.318. The summed E-state index contributed by atoms with van der Waals surface area (Å²) in [6.07, 6.45) is 5.36. The van der Waals surface area contributed by atoms with Gasteiger partial charge in [-0.25, -0.2) is 15.0 Å². The highest BCUT2D eigenvalue weighted by atomic mass is 16.5. The molecule has 0 bridgehead atoms. The van der Waals surface area contributed by atoms with Crippen LogP contribution in [0, 0.1) is 0 Å². The number of hydrogen-bond donors (Lipinski definition) is 1. The van der Waals surface area contributed by atoms with Crippen LogP contribution in [-0.4, -0.2) is 39.6 Å². The Hall–Kier alpha value is -3.75. The number of aromatic nitrogens is 4. The molecular weight excluding hydrogens is 398 g/mol. The van der Waals surface area contributed by atoms with Crippen LogP contribution in [0.5, 0.6) is 11.5 Å². The van der Waals surface area contributed by atoms with Crippen molar-refractivity contribution in [2.45, 2.75) is 31.8 Å². The van der Waals surface area contributed by atoms with Crippen LogP contribution < -0.4 is 20.3 Å². The summed E-state index contributed by atoms with van der Waals surface area (Å²) >= 11 is 0. The van der Waals surface area contributed by atoms with E-state index in [4.69, 9.17) is 14.5 Å². The lowest BCUT2D eigenvalue weighted by molar-refractivity contribution is 0.0928. The molecule has 3 aromatic rings. The molecule has 1 aliphatic rings. The molecule has 1 aromatic carbocycles. The molecular formula is C22H23N5O4. The maximum Gasteiger partial charge on any atom is 0.255 e. The Morgan fingerprint density at radius 1 is 1.16 bits per heavy atom. The Kier molecular flexibility index (Phi) is 5.92. The summed E-state index contributed by atoms with van der Waals surface area (Å²) in [4.78, 5) is 38.8. The van der Waals surface area contributed by atoms with Gasteiger partial charge in [0, 0.05) is 18.8 Å². The summed E-state index contributed by atoms with van der Waals surface area (Å²) in [5, 5.41) is 3.03. The second-order valence-corrected chi connectivity index (χ2v) is 7.15. The second-order valence-electron chi connectivity index (χ2n) is 7.15. The lowest BCUT2D eigenvalue weighted by Crippen LogP contribution is -2.34. The van der Waals surface area contributed by atoms with E-state index < -0.39 is 6.04 Å². The van der Waals surface area contributed by atoms with Crippen LogP contribution in [0.4, 0.5) is 0 Å². The highest BCUT2D eigenvalue weighted by Gasteiger charge is 2.26. The van der Waals surface area contributed by atoms with Gasteiger partial charge in [-0.05, 0) is 37.5 Å². The number of para-hydroxylation sites is 1. The first-order chi connectivity index (χ1) is 15.1. The molecule has 0 radical (unpaired) electrons. The van der Waals surface area contributed by atoms with Crippen LogP contribution >= 0.6 is 0 Å². The Morgan fingerprint density at radius 2 is 2.03 bits per heavy atom. The molecule has 0 saturated heterocycles. The van der Waals surface area contributed by atoms with E-state index in [-0.39, 0.29) is 11.5 Å². The van der Waals surface area contributed by atoms with Crippen LogP contribution in [0.2, 0.25) is 0 Å². The van der Waals surface area contributed by atoms with Gasteiger partial charge in [0.15, 0.2) is 11.5 Å². The van der Waals surface area contributed by atoms with Crippen LogP contribution in [0.3, 0.4) is 0 Å². The Morgan fingerprint density at radius 3 is 2.77 bits per heavy atom. The van der Waals surface area contributed by atoms with Crippen LogP contribution in [0.25, 0.3) is 11.4 Å². The smallest absolute Gasteiger partial charge is 0.255 e. The van der Waals surface area contributed by atoms with Crippen molar-refractivity contribution in [3.8, 4) is 22.9 Å². The maximum atomic E-state index is 13.1. The molecule has 0 spiro atoms. The molecule has 1 unspecified atom stereocenters. The quantitative estimate of drug-likeness (QED) is 0.674. The number of hydrogen-bond acceptors (Lipinski definition) is 7.